The number of hydrogen-bond donors (Lipinski definition) is 2. The van der Waals surface area contributed by atoms with Crippen molar-refractivity contribution in [1.29, 1.82) is 0 Å². The van der Waals surface area contributed by atoms with Crippen LogP contribution < -0.4 is 16.2 Å². The molecule has 0 aliphatic carbocycles. The minimum atomic E-state index is -0.635. The van der Waals surface area contributed by atoms with Gasteiger partial charge < -0.3 is 16.2 Å². The van der Waals surface area contributed by atoms with Crippen molar-refractivity contribution in [2.75, 3.05) is 13.2 Å². The van der Waals surface area contributed by atoms with E-state index in [1.54, 1.807) is 6.08 Å². The van der Waals surface area contributed by atoms with E-state index in [1.807, 2.05) is 36.4 Å². The van der Waals surface area contributed by atoms with Crippen molar-refractivity contribution in [3.63, 3.8) is 0 Å². The second kappa shape index (κ2) is 7.63. The monoisotopic (exact) mass is 316 g/mol. The molecule has 0 bridgehead atoms. The molecule has 0 atom stereocenters. The Labute approximate surface area is 132 Å². The third kappa shape index (κ3) is 3.66. The molecular formula is C16H16N2O3S. The molecule has 0 fully saturated rings. The van der Waals surface area contributed by atoms with Gasteiger partial charge in [0.2, 0.25) is 0 Å². The predicted octanol–water partition coefficient (Wildman–Crippen LogP) is 1.93. The summed E-state index contributed by atoms with van der Waals surface area (Å²) in [7, 11) is 0. The quantitative estimate of drug-likeness (QED) is 0.601. The van der Waals surface area contributed by atoms with Crippen molar-refractivity contribution < 1.29 is 14.3 Å². The second-order valence-corrected chi connectivity index (χ2v) is 5.29. The predicted molar refractivity (Wildman–Crippen MR) is 90.0 cm³/mol. The van der Waals surface area contributed by atoms with Gasteiger partial charge in [-0.3, -0.25) is 9.59 Å². The van der Waals surface area contributed by atoms with Gasteiger partial charge in [0, 0.05) is 11.9 Å². The zero-order chi connectivity index (χ0) is 15.9. The van der Waals surface area contributed by atoms with Crippen LogP contribution in [0.15, 0.2) is 41.3 Å². The molecule has 0 radical (unpaired) electrons. The molecule has 0 aliphatic rings. The van der Waals surface area contributed by atoms with Gasteiger partial charge in [-0.2, -0.15) is 0 Å². The van der Waals surface area contributed by atoms with Gasteiger partial charge >= 0.3 is 0 Å². The first-order valence-electron chi connectivity index (χ1n) is 6.63. The molecule has 0 saturated carbocycles. The summed E-state index contributed by atoms with van der Waals surface area (Å²) < 4.78 is 5.62. The van der Waals surface area contributed by atoms with Gasteiger partial charge in [-0.15, -0.1) is 0 Å². The fourth-order valence-electron chi connectivity index (χ4n) is 2.07. The molecule has 1 amide bonds. The number of amides is 1. The van der Waals surface area contributed by atoms with Gasteiger partial charge in [0.05, 0.1) is 4.91 Å². The largest absolute Gasteiger partial charge is 0.492 e. The lowest BCUT2D eigenvalue weighted by molar-refractivity contribution is -0.113. The van der Waals surface area contributed by atoms with E-state index in [9.17, 15) is 9.59 Å². The maximum atomic E-state index is 11.4. The second-order valence-electron chi connectivity index (χ2n) is 4.42. The molecule has 2 aromatic carbocycles. The summed E-state index contributed by atoms with van der Waals surface area (Å²) in [5.74, 6) is 0.0894. The lowest BCUT2D eigenvalue weighted by Gasteiger charge is -2.11. The molecular weight excluding hydrogens is 300 g/mol. The van der Waals surface area contributed by atoms with Gasteiger partial charge in [0.1, 0.15) is 12.4 Å². The van der Waals surface area contributed by atoms with Crippen LogP contribution in [0.1, 0.15) is 5.56 Å². The van der Waals surface area contributed by atoms with E-state index in [0.717, 1.165) is 33.8 Å². The zero-order valence-corrected chi connectivity index (χ0v) is 12.6. The van der Waals surface area contributed by atoms with Gasteiger partial charge in [-0.05, 0) is 34.9 Å². The van der Waals surface area contributed by atoms with E-state index in [2.05, 4.69) is 0 Å². The summed E-state index contributed by atoms with van der Waals surface area (Å²) in [6, 6.07) is 11.3. The Hall–Kier alpha value is -2.31. The highest BCUT2D eigenvalue weighted by molar-refractivity contribution is 8.16. The van der Waals surface area contributed by atoms with E-state index >= 15 is 0 Å². The number of nitrogens with two attached hydrogens (primary N) is 2. The Kier molecular flexibility index (Phi) is 5.57. The number of primary amides is 1. The normalized spacial score (nSPS) is 11.4. The molecule has 0 spiro atoms. The van der Waals surface area contributed by atoms with Crippen molar-refractivity contribution in [3.05, 3.63) is 46.9 Å². The highest BCUT2D eigenvalue weighted by Crippen LogP contribution is 2.30. The van der Waals surface area contributed by atoms with Crippen LogP contribution in [-0.2, 0) is 9.59 Å². The van der Waals surface area contributed by atoms with Crippen molar-refractivity contribution in [1.82, 2.24) is 0 Å². The maximum Gasteiger partial charge on any atom is 0.255 e. The smallest absolute Gasteiger partial charge is 0.255 e. The fraction of sp³-hybridized carbons (Fsp3) is 0.125. The SMILES string of the molecule is NCCOc1ccc(/C=C(\SC=O)C(N)=O)c2ccccc12. The van der Waals surface area contributed by atoms with E-state index in [1.165, 1.54) is 0 Å². The van der Waals surface area contributed by atoms with E-state index in [-0.39, 0.29) is 4.91 Å². The number of fused-ring (bicyclic) bond motifs is 1. The Morgan fingerprint density at radius 1 is 1.18 bits per heavy atom. The van der Waals surface area contributed by atoms with Gasteiger partial charge in [0.25, 0.3) is 5.91 Å². The summed E-state index contributed by atoms with van der Waals surface area (Å²) in [5, 5.41) is 1.81. The first-order valence-corrected chi connectivity index (χ1v) is 7.51. The highest BCUT2D eigenvalue weighted by atomic mass is 32.2. The summed E-state index contributed by atoms with van der Waals surface area (Å²) in [6.45, 7) is 0.852. The van der Waals surface area contributed by atoms with Crippen LogP contribution in [-0.4, -0.2) is 24.7 Å². The Balaban J connectivity index is 2.54. The Morgan fingerprint density at radius 3 is 2.55 bits per heavy atom. The number of rotatable bonds is 7. The molecule has 5 nitrogen and oxygen atoms in total. The molecule has 6 heteroatoms. The third-order valence-electron chi connectivity index (χ3n) is 3.00. The number of carbonyl (C=O) groups excluding carboxylic acids is 2. The fourth-order valence-corrected chi connectivity index (χ4v) is 2.49. The van der Waals surface area contributed by atoms with Crippen LogP contribution in [0.4, 0.5) is 0 Å². The summed E-state index contributed by atoms with van der Waals surface area (Å²) in [4.78, 5) is 22.2. The van der Waals surface area contributed by atoms with Gasteiger partial charge in [-0.1, -0.05) is 30.3 Å². The van der Waals surface area contributed by atoms with Gasteiger partial charge in [0.15, 0.2) is 5.62 Å². The molecule has 0 aliphatic heterocycles. The van der Waals surface area contributed by atoms with Gasteiger partial charge in [-0.25, -0.2) is 0 Å². The minimum Gasteiger partial charge on any atom is -0.492 e. The average molecular weight is 316 g/mol. The molecule has 4 N–H and O–H groups in total. The van der Waals surface area contributed by atoms with Crippen molar-refractivity contribution in [2.45, 2.75) is 0 Å². The van der Waals surface area contributed by atoms with Crippen LogP contribution in [0.5, 0.6) is 5.75 Å². The Morgan fingerprint density at radius 2 is 1.91 bits per heavy atom. The van der Waals surface area contributed by atoms with Crippen LogP contribution in [0.3, 0.4) is 0 Å². The lowest BCUT2D eigenvalue weighted by atomic mass is 10.0. The van der Waals surface area contributed by atoms with E-state index in [0.29, 0.717) is 18.8 Å². The molecule has 2 aromatic rings. The maximum absolute atomic E-state index is 11.4. The molecule has 2 rings (SSSR count). The zero-order valence-electron chi connectivity index (χ0n) is 11.8. The van der Waals surface area contributed by atoms with Crippen LogP contribution in [0.25, 0.3) is 16.8 Å². The van der Waals surface area contributed by atoms with Crippen LogP contribution in [0, 0.1) is 0 Å². The number of hydrogen-bond acceptors (Lipinski definition) is 5. The van der Waals surface area contributed by atoms with E-state index < -0.39 is 5.91 Å². The number of carbonyl (C=O) groups is 2. The van der Waals surface area contributed by atoms with Crippen molar-refractivity contribution in [2.24, 2.45) is 11.5 Å². The Bertz CT molecular complexity index is 728. The highest BCUT2D eigenvalue weighted by Gasteiger charge is 2.09. The molecule has 114 valence electrons. The summed E-state index contributed by atoms with van der Waals surface area (Å²) in [5.41, 5.74) is 12.1. The standard InChI is InChI=1S/C16H16N2O3S/c17-7-8-21-14-6-5-11(9-15(16(18)20)22-10-19)12-3-1-2-4-13(12)14/h1-6,9-10H,7-8,17H2,(H2,18,20)/b15-9-. The molecule has 0 aromatic heterocycles. The summed E-state index contributed by atoms with van der Waals surface area (Å²) in [6.07, 6.45) is 1.61. The van der Waals surface area contributed by atoms with Crippen molar-refractivity contribution in [3.8, 4) is 5.75 Å². The molecule has 22 heavy (non-hydrogen) atoms. The number of ether oxygens (including phenoxy) is 1. The molecule has 0 unspecified atom stereocenters. The topological polar surface area (TPSA) is 95.4 Å². The molecule has 0 heterocycles. The van der Waals surface area contributed by atoms with Crippen LogP contribution >= 0.6 is 11.8 Å². The lowest BCUT2D eigenvalue weighted by Crippen LogP contribution is -2.12. The van der Waals surface area contributed by atoms with Crippen LogP contribution in [0.2, 0.25) is 0 Å². The minimum absolute atomic E-state index is 0.191. The van der Waals surface area contributed by atoms with E-state index in [4.69, 9.17) is 16.2 Å². The molecule has 0 saturated heterocycles. The number of benzene rings is 2. The average Bonchev–Trinajstić information content (AvgIpc) is 2.53. The summed E-state index contributed by atoms with van der Waals surface area (Å²) >= 11 is 0.764. The van der Waals surface area contributed by atoms with Crippen molar-refractivity contribution >= 4 is 40.1 Å². The number of thioether (sulfide) groups is 1. The third-order valence-corrected chi connectivity index (χ3v) is 3.67. The first-order chi connectivity index (χ1) is 10.7. The first kappa shape index (κ1) is 16.1.